The number of aromatic amines is 1. The Hall–Kier alpha value is -2.33. The van der Waals surface area contributed by atoms with E-state index in [4.69, 9.17) is 4.98 Å². The lowest BCUT2D eigenvalue weighted by molar-refractivity contribution is 0.271. The first-order valence-corrected chi connectivity index (χ1v) is 9.60. The minimum Gasteiger partial charge on any atom is -0.378 e. The van der Waals surface area contributed by atoms with Crippen molar-refractivity contribution in [3.63, 3.8) is 0 Å². The molecule has 1 saturated heterocycles. The summed E-state index contributed by atoms with van der Waals surface area (Å²) < 4.78 is 0. The third kappa shape index (κ3) is 3.47. The van der Waals surface area contributed by atoms with Crippen LogP contribution in [-0.2, 0) is 6.42 Å². The Balaban J connectivity index is 1.51. The van der Waals surface area contributed by atoms with Crippen LogP contribution in [0, 0.1) is 0 Å². The molecule has 1 atom stereocenters. The molecule has 0 bridgehead atoms. The van der Waals surface area contributed by atoms with Gasteiger partial charge in [0.1, 0.15) is 5.82 Å². The Morgan fingerprint density at radius 3 is 2.58 bits per heavy atom. The average molecular weight is 348 g/mol. The van der Waals surface area contributed by atoms with Gasteiger partial charge in [0, 0.05) is 38.8 Å². The van der Waals surface area contributed by atoms with Gasteiger partial charge in [0.2, 0.25) is 0 Å². The predicted molar refractivity (Wildman–Crippen MR) is 110 cm³/mol. The van der Waals surface area contributed by atoms with Gasteiger partial charge in [-0.3, -0.25) is 0 Å². The summed E-state index contributed by atoms with van der Waals surface area (Å²) >= 11 is 0. The van der Waals surface area contributed by atoms with Crippen LogP contribution in [0.15, 0.2) is 42.5 Å². The van der Waals surface area contributed by atoms with E-state index in [9.17, 15) is 0 Å². The lowest BCUT2D eigenvalue weighted by Gasteiger charge is -2.19. The van der Waals surface area contributed by atoms with Crippen LogP contribution in [0.1, 0.15) is 25.6 Å². The number of imidazole rings is 1. The van der Waals surface area contributed by atoms with Crippen LogP contribution >= 0.6 is 0 Å². The largest absolute Gasteiger partial charge is 0.378 e. The van der Waals surface area contributed by atoms with Crippen molar-refractivity contribution in [1.29, 1.82) is 0 Å². The number of anilines is 1. The topological polar surface area (TPSA) is 35.2 Å². The van der Waals surface area contributed by atoms with E-state index in [1.54, 1.807) is 0 Å². The molecular formula is C22H28N4. The van der Waals surface area contributed by atoms with E-state index in [0.29, 0.717) is 0 Å². The molecule has 1 unspecified atom stereocenters. The van der Waals surface area contributed by atoms with Crippen LogP contribution in [0.4, 0.5) is 5.69 Å². The number of fused-ring (bicyclic) bond motifs is 1. The Morgan fingerprint density at radius 2 is 1.88 bits per heavy atom. The number of rotatable bonds is 5. The van der Waals surface area contributed by atoms with Crippen molar-refractivity contribution in [3.05, 3.63) is 48.3 Å². The molecule has 0 amide bonds. The van der Waals surface area contributed by atoms with Gasteiger partial charge >= 0.3 is 0 Å². The standard InChI is InChI=1S/C22H28N4/c1-16-5-4-13-26(16)14-12-22-23-20-11-8-18(15-21(20)24-22)17-6-9-19(10-7-17)25(2)3/h6-11,15-16H,4-5,12-14H2,1-3H3,(H,23,24). The van der Waals surface area contributed by atoms with Crippen LogP contribution in [-0.4, -0.2) is 48.1 Å². The molecular weight excluding hydrogens is 320 g/mol. The fourth-order valence-corrected chi connectivity index (χ4v) is 3.89. The zero-order chi connectivity index (χ0) is 18.1. The average Bonchev–Trinajstić information content (AvgIpc) is 3.24. The van der Waals surface area contributed by atoms with Gasteiger partial charge in [0.15, 0.2) is 0 Å². The normalized spacial score (nSPS) is 17.9. The molecule has 4 rings (SSSR count). The zero-order valence-electron chi connectivity index (χ0n) is 16.0. The number of hydrogen-bond acceptors (Lipinski definition) is 3. The molecule has 3 aromatic rings. The Morgan fingerprint density at radius 1 is 1.12 bits per heavy atom. The molecule has 2 aromatic carbocycles. The van der Waals surface area contributed by atoms with Gasteiger partial charge in [0.05, 0.1) is 11.0 Å². The third-order valence-electron chi connectivity index (χ3n) is 5.57. The van der Waals surface area contributed by atoms with E-state index >= 15 is 0 Å². The fourth-order valence-electron chi connectivity index (χ4n) is 3.89. The number of benzene rings is 2. The molecule has 1 N–H and O–H groups in total. The molecule has 2 heterocycles. The maximum absolute atomic E-state index is 4.78. The van der Waals surface area contributed by atoms with Gasteiger partial charge in [-0.2, -0.15) is 0 Å². The number of hydrogen-bond donors (Lipinski definition) is 1. The summed E-state index contributed by atoms with van der Waals surface area (Å²) in [5, 5.41) is 0. The summed E-state index contributed by atoms with van der Waals surface area (Å²) in [6, 6.07) is 15.9. The molecule has 1 aliphatic heterocycles. The minimum absolute atomic E-state index is 0.719. The second kappa shape index (κ2) is 7.12. The van der Waals surface area contributed by atoms with Gasteiger partial charge in [-0.05, 0) is 61.7 Å². The van der Waals surface area contributed by atoms with Crippen molar-refractivity contribution >= 4 is 16.7 Å². The molecule has 0 spiro atoms. The van der Waals surface area contributed by atoms with Crippen molar-refractivity contribution in [2.75, 3.05) is 32.1 Å². The van der Waals surface area contributed by atoms with Gasteiger partial charge in [0.25, 0.3) is 0 Å². The maximum atomic E-state index is 4.78. The quantitative estimate of drug-likeness (QED) is 0.746. The zero-order valence-corrected chi connectivity index (χ0v) is 16.0. The van der Waals surface area contributed by atoms with Gasteiger partial charge in [-0.1, -0.05) is 18.2 Å². The van der Waals surface area contributed by atoms with E-state index < -0.39 is 0 Å². The van der Waals surface area contributed by atoms with E-state index in [1.807, 2.05) is 0 Å². The molecule has 4 heteroatoms. The lowest BCUT2D eigenvalue weighted by atomic mass is 10.0. The summed E-state index contributed by atoms with van der Waals surface area (Å²) in [6.07, 6.45) is 3.65. The lowest BCUT2D eigenvalue weighted by Crippen LogP contribution is -2.29. The van der Waals surface area contributed by atoms with Crippen molar-refractivity contribution in [1.82, 2.24) is 14.9 Å². The monoisotopic (exact) mass is 348 g/mol. The highest BCUT2D eigenvalue weighted by molar-refractivity contribution is 5.82. The highest BCUT2D eigenvalue weighted by Gasteiger charge is 2.19. The number of H-pyrrole nitrogens is 1. The highest BCUT2D eigenvalue weighted by Crippen LogP contribution is 2.25. The van der Waals surface area contributed by atoms with Crippen molar-refractivity contribution < 1.29 is 0 Å². The first kappa shape index (κ1) is 17.1. The fraction of sp³-hybridized carbons (Fsp3) is 0.409. The van der Waals surface area contributed by atoms with Gasteiger partial charge in [-0.25, -0.2) is 4.98 Å². The Labute approximate surface area is 155 Å². The summed E-state index contributed by atoms with van der Waals surface area (Å²) in [7, 11) is 4.13. The Kier molecular flexibility index (Phi) is 4.68. The van der Waals surface area contributed by atoms with Crippen molar-refractivity contribution in [3.8, 4) is 11.1 Å². The van der Waals surface area contributed by atoms with Crippen LogP contribution in [0.25, 0.3) is 22.2 Å². The molecule has 0 radical (unpaired) electrons. The Bertz CT molecular complexity index is 879. The predicted octanol–water partition coefficient (Wildman–Crippen LogP) is 4.32. The second-order valence-corrected chi connectivity index (χ2v) is 7.63. The molecule has 1 fully saturated rings. The van der Waals surface area contributed by atoms with Gasteiger partial charge < -0.3 is 14.8 Å². The van der Waals surface area contributed by atoms with Crippen LogP contribution in [0.2, 0.25) is 0 Å². The molecule has 0 saturated carbocycles. The van der Waals surface area contributed by atoms with Crippen molar-refractivity contribution in [2.45, 2.75) is 32.2 Å². The number of likely N-dealkylation sites (tertiary alicyclic amines) is 1. The summed E-state index contributed by atoms with van der Waals surface area (Å²) in [4.78, 5) is 13.0. The molecule has 1 aliphatic rings. The SMILES string of the molecule is CC1CCCN1CCc1nc2ccc(-c3ccc(N(C)C)cc3)cc2[nH]1. The molecule has 4 nitrogen and oxygen atoms in total. The van der Waals surface area contributed by atoms with E-state index in [2.05, 4.69) is 78.3 Å². The number of nitrogens with zero attached hydrogens (tertiary/aromatic N) is 3. The number of aromatic nitrogens is 2. The van der Waals surface area contributed by atoms with E-state index in [1.165, 1.54) is 36.2 Å². The minimum atomic E-state index is 0.719. The van der Waals surface area contributed by atoms with Crippen LogP contribution in [0.3, 0.4) is 0 Å². The number of nitrogens with one attached hydrogen (secondary N) is 1. The van der Waals surface area contributed by atoms with Crippen LogP contribution in [0.5, 0.6) is 0 Å². The molecule has 26 heavy (non-hydrogen) atoms. The second-order valence-electron chi connectivity index (χ2n) is 7.63. The molecule has 1 aromatic heterocycles. The summed E-state index contributed by atoms with van der Waals surface area (Å²) in [5.74, 6) is 1.10. The first-order valence-electron chi connectivity index (χ1n) is 9.60. The van der Waals surface area contributed by atoms with Crippen LogP contribution < -0.4 is 4.90 Å². The van der Waals surface area contributed by atoms with E-state index in [0.717, 1.165) is 35.9 Å². The van der Waals surface area contributed by atoms with Gasteiger partial charge in [-0.15, -0.1) is 0 Å². The third-order valence-corrected chi connectivity index (χ3v) is 5.57. The highest BCUT2D eigenvalue weighted by atomic mass is 15.2. The summed E-state index contributed by atoms with van der Waals surface area (Å²) in [5.41, 5.74) is 5.87. The molecule has 136 valence electrons. The smallest absolute Gasteiger partial charge is 0.108 e. The van der Waals surface area contributed by atoms with Crippen molar-refractivity contribution in [2.24, 2.45) is 0 Å². The van der Waals surface area contributed by atoms with E-state index in [-0.39, 0.29) is 0 Å². The summed E-state index contributed by atoms with van der Waals surface area (Å²) in [6.45, 7) is 4.66. The first-order chi connectivity index (χ1) is 12.6. The molecule has 0 aliphatic carbocycles. The maximum Gasteiger partial charge on any atom is 0.108 e.